The summed E-state index contributed by atoms with van der Waals surface area (Å²) in [5, 5.41) is 3.64. The summed E-state index contributed by atoms with van der Waals surface area (Å²) in [5.74, 6) is 0.573. The van der Waals surface area contributed by atoms with Crippen LogP contribution in [0.15, 0.2) is 33.4 Å². The molecule has 2 rings (SSSR count). The number of hydrogen-bond acceptors (Lipinski definition) is 5. The minimum Gasteiger partial charge on any atom is -0.361 e. The zero-order valence-electron chi connectivity index (χ0n) is 9.42. The van der Waals surface area contributed by atoms with E-state index >= 15 is 0 Å². The van der Waals surface area contributed by atoms with E-state index in [4.69, 9.17) is 4.52 Å². The second-order valence-electron chi connectivity index (χ2n) is 3.65. The van der Waals surface area contributed by atoms with E-state index in [9.17, 15) is 8.42 Å². The van der Waals surface area contributed by atoms with Crippen molar-refractivity contribution in [3.63, 3.8) is 0 Å². The summed E-state index contributed by atoms with van der Waals surface area (Å²) in [6.45, 7) is 1.70. The molecule has 0 atom stereocenters. The van der Waals surface area contributed by atoms with Gasteiger partial charge in [-0.05, 0) is 19.1 Å². The number of pyridine rings is 1. The van der Waals surface area contributed by atoms with Gasteiger partial charge in [0, 0.05) is 16.7 Å². The van der Waals surface area contributed by atoms with E-state index in [2.05, 4.69) is 30.8 Å². The normalized spacial score (nSPS) is 11.4. The van der Waals surface area contributed by atoms with Crippen molar-refractivity contribution in [2.24, 2.45) is 0 Å². The van der Waals surface area contributed by atoms with Crippen LogP contribution in [-0.2, 0) is 15.8 Å². The Kier molecular flexibility index (Phi) is 3.67. The first-order valence-electron chi connectivity index (χ1n) is 4.99. The van der Waals surface area contributed by atoms with Crippen molar-refractivity contribution in [3.05, 3.63) is 40.3 Å². The number of aromatic nitrogens is 2. The minimum absolute atomic E-state index is 0.251. The lowest BCUT2D eigenvalue weighted by molar-refractivity contribution is 0.392. The molecule has 0 aliphatic rings. The number of anilines is 1. The maximum atomic E-state index is 11.8. The Balaban J connectivity index is 2.12. The van der Waals surface area contributed by atoms with Crippen molar-refractivity contribution in [2.45, 2.75) is 12.7 Å². The average Bonchev–Trinajstić information content (AvgIpc) is 2.62. The van der Waals surface area contributed by atoms with Gasteiger partial charge in [-0.25, -0.2) is 13.4 Å². The Morgan fingerprint density at radius 2 is 2.22 bits per heavy atom. The smallest absolute Gasteiger partial charge is 0.239 e. The molecule has 0 aromatic carbocycles. The van der Waals surface area contributed by atoms with Gasteiger partial charge in [-0.3, -0.25) is 4.72 Å². The summed E-state index contributed by atoms with van der Waals surface area (Å²) in [6, 6.07) is 4.86. The molecule has 0 spiro atoms. The van der Waals surface area contributed by atoms with Crippen LogP contribution in [-0.4, -0.2) is 18.6 Å². The molecule has 2 aromatic heterocycles. The van der Waals surface area contributed by atoms with Gasteiger partial charge < -0.3 is 4.52 Å². The molecule has 2 heterocycles. The van der Waals surface area contributed by atoms with Crippen LogP contribution >= 0.6 is 15.9 Å². The third-order valence-corrected chi connectivity index (χ3v) is 3.69. The molecule has 0 saturated heterocycles. The van der Waals surface area contributed by atoms with Gasteiger partial charge in [0.05, 0.1) is 0 Å². The van der Waals surface area contributed by atoms with Crippen molar-refractivity contribution in [1.29, 1.82) is 0 Å². The van der Waals surface area contributed by atoms with Gasteiger partial charge in [0.25, 0.3) is 0 Å². The first kappa shape index (κ1) is 13.0. The van der Waals surface area contributed by atoms with Gasteiger partial charge in [-0.1, -0.05) is 21.1 Å². The Labute approximate surface area is 113 Å². The van der Waals surface area contributed by atoms with Gasteiger partial charge in [0.15, 0.2) is 0 Å². The lowest BCUT2D eigenvalue weighted by Crippen LogP contribution is -2.16. The zero-order valence-corrected chi connectivity index (χ0v) is 11.8. The number of aryl methyl sites for hydroxylation is 1. The molecule has 0 amide bonds. The molecular formula is C10H10BrN3O3S. The van der Waals surface area contributed by atoms with Gasteiger partial charge >= 0.3 is 0 Å². The zero-order chi connectivity index (χ0) is 13.2. The molecule has 8 heteroatoms. The van der Waals surface area contributed by atoms with Gasteiger partial charge in [0.1, 0.15) is 23.0 Å². The van der Waals surface area contributed by atoms with Crippen molar-refractivity contribution in [2.75, 3.05) is 4.72 Å². The largest absolute Gasteiger partial charge is 0.361 e. The van der Waals surface area contributed by atoms with E-state index in [0.717, 1.165) is 4.47 Å². The highest BCUT2D eigenvalue weighted by molar-refractivity contribution is 9.10. The van der Waals surface area contributed by atoms with Crippen molar-refractivity contribution < 1.29 is 12.9 Å². The fraction of sp³-hybridized carbons (Fsp3) is 0.200. The highest BCUT2D eigenvalue weighted by Crippen LogP contribution is 2.15. The highest BCUT2D eigenvalue weighted by atomic mass is 79.9. The molecule has 0 fully saturated rings. The van der Waals surface area contributed by atoms with Crippen LogP contribution in [0.4, 0.5) is 5.82 Å². The number of halogens is 1. The molecule has 0 saturated carbocycles. The number of nitrogens with one attached hydrogen (secondary N) is 1. The van der Waals surface area contributed by atoms with Gasteiger partial charge in [0.2, 0.25) is 10.0 Å². The summed E-state index contributed by atoms with van der Waals surface area (Å²) in [4.78, 5) is 3.91. The molecule has 0 radical (unpaired) electrons. The van der Waals surface area contributed by atoms with Crippen molar-refractivity contribution >= 4 is 31.8 Å². The second kappa shape index (κ2) is 5.07. The molecule has 18 heavy (non-hydrogen) atoms. The van der Waals surface area contributed by atoms with Crippen LogP contribution in [0.5, 0.6) is 0 Å². The monoisotopic (exact) mass is 331 g/mol. The third kappa shape index (κ3) is 3.54. The van der Waals surface area contributed by atoms with Gasteiger partial charge in [-0.2, -0.15) is 0 Å². The summed E-state index contributed by atoms with van der Waals surface area (Å²) in [7, 11) is -3.55. The Bertz CT molecular complexity index is 654. The van der Waals surface area contributed by atoms with E-state index < -0.39 is 10.0 Å². The fourth-order valence-electron chi connectivity index (χ4n) is 1.34. The number of hydrogen-bond donors (Lipinski definition) is 1. The molecular weight excluding hydrogens is 322 g/mol. The van der Waals surface area contributed by atoms with E-state index in [1.54, 1.807) is 25.1 Å². The fourth-order valence-corrected chi connectivity index (χ4v) is 2.70. The summed E-state index contributed by atoms with van der Waals surface area (Å²) < 4.78 is 31.6. The molecule has 0 aliphatic heterocycles. The molecule has 0 aliphatic carbocycles. The molecule has 6 nitrogen and oxygen atoms in total. The first-order chi connectivity index (χ1) is 8.44. The van der Waals surface area contributed by atoms with Crippen LogP contribution in [0.1, 0.15) is 11.5 Å². The van der Waals surface area contributed by atoms with E-state index in [1.165, 1.54) is 6.20 Å². The molecule has 2 aromatic rings. The maximum absolute atomic E-state index is 11.8. The molecule has 0 bridgehead atoms. The van der Waals surface area contributed by atoms with Crippen molar-refractivity contribution in [1.82, 2.24) is 10.1 Å². The predicted molar refractivity (Wildman–Crippen MR) is 69.4 cm³/mol. The number of rotatable bonds is 4. The Hall–Kier alpha value is -1.41. The van der Waals surface area contributed by atoms with Crippen LogP contribution in [0, 0.1) is 6.92 Å². The highest BCUT2D eigenvalue weighted by Gasteiger charge is 2.15. The van der Waals surface area contributed by atoms with Crippen molar-refractivity contribution in [3.8, 4) is 0 Å². The maximum Gasteiger partial charge on any atom is 0.239 e. The van der Waals surface area contributed by atoms with E-state index in [1.807, 2.05) is 0 Å². The van der Waals surface area contributed by atoms with Gasteiger partial charge in [-0.15, -0.1) is 0 Å². The summed E-state index contributed by atoms with van der Waals surface area (Å²) >= 11 is 3.24. The van der Waals surface area contributed by atoms with Crippen LogP contribution < -0.4 is 4.72 Å². The standard InChI is InChI=1S/C10H10BrN3O3S/c1-7-4-9(13-17-7)6-18(15,16)14-10-5-8(11)2-3-12-10/h2-5H,6H2,1H3,(H,12,14). The molecule has 1 N–H and O–H groups in total. The number of sulfonamides is 1. The topological polar surface area (TPSA) is 85.1 Å². The lowest BCUT2D eigenvalue weighted by Gasteiger charge is -2.05. The van der Waals surface area contributed by atoms with Crippen LogP contribution in [0.25, 0.3) is 0 Å². The van der Waals surface area contributed by atoms with Crippen LogP contribution in [0.3, 0.4) is 0 Å². The Morgan fingerprint density at radius 3 is 2.83 bits per heavy atom. The van der Waals surface area contributed by atoms with E-state index in [-0.39, 0.29) is 11.6 Å². The second-order valence-corrected chi connectivity index (χ2v) is 6.29. The number of nitrogens with zero attached hydrogens (tertiary/aromatic N) is 2. The molecule has 96 valence electrons. The average molecular weight is 332 g/mol. The molecule has 0 unspecified atom stereocenters. The first-order valence-corrected chi connectivity index (χ1v) is 7.43. The quantitative estimate of drug-likeness (QED) is 0.927. The Morgan fingerprint density at radius 1 is 1.44 bits per heavy atom. The summed E-state index contributed by atoms with van der Waals surface area (Å²) in [5.41, 5.74) is 0.356. The lowest BCUT2D eigenvalue weighted by atomic mass is 10.4. The SMILES string of the molecule is Cc1cc(CS(=O)(=O)Nc2cc(Br)ccn2)no1. The van der Waals surface area contributed by atoms with Crippen LogP contribution in [0.2, 0.25) is 0 Å². The minimum atomic E-state index is -3.55. The third-order valence-electron chi connectivity index (χ3n) is 2.00. The predicted octanol–water partition coefficient (Wildman–Crippen LogP) is 2.08. The summed E-state index contributed by atoms with van der Waals surface area (Å²) in [6.07, 6.45) is 1.50. The van der Waals surface area contributed by atoms with E-state index in [0.29, 0.717) is 11.5 Å².